The van der Waals surface area contributed by atoms with Crippen LogP contribution in [0.15, 0.2) is 65.1 Å². The molecule has 0 atom stereocenters. The minimum Gasteiger partial charge on any atom is -0.341 e. The Morgan fingerprint density at radius 3 is 2.23 bits per heavy atom. The van der Waals surface area contributed by atoms with Crippen molar-refractivity contribution in [1.29, 1.82) is 5.26 Å². The lowest BCUT2D eigenvalue weighted by molar-refractivity contribution is -0.112. The second-order valence-corrected chi connectivity index (χ2v) is 9.72. The van der Waals surface area contributed by atoms with E-state index in [2.05, 4.69) is 40.2 Å². The summed E-state index contributed by atoms with van der Waals surface area (Å²) in [7, 11) is 3.76. The minimum atomic E-state index is -0.236. The molecule has 1 saturated heterocycles. The molecule has 3 aromatic rings. The Morgan fingerprint density at radius 1 is 1.00 bits per heavy atom. The van der Waals surface area contributed by atoms with Gasteiger partial charge in [-0.05, 0) is 44.0 Å². The molecule has 0 amide bonds. The zero-order valence-corrected chi connectivity index (χ0v) is 20.9. The summed E-state index contributed by atoms with van der Waals surface area (Å²) in [5.41, 5.74) is 4.20. The number of Topliss-reactive ketones (excluding diaryl/α,β-unsaturated/α-hetero) is 1. The summed E-state index contributed by atoms with van der Waals surface area (Å²) in [5.74, 6) is 1.25. The van der Waals surface area contributed by atoms with Gasteiger partial charge in [0.25, 0.3) is 0 Å². The van der Waals surface area contributed by atoms with E-state index in [4.69, 9.17) is 0 Å². The third-order valence-electron chi connectivity index (χ3n) is 6.48. The number of allylic oxidation sites excluding steroid dienone is 1. The first-order valence-corrected chi connectivity index (χ1v) is 12.6. The van der Waals surface area contributed by atoms with Crippen molar-refractivity contribution in [3.05, 3.63) is 65.5 Å². The van der Waals surface area contributed by atoms with Crippen molar-refractivity contribution >= 4 is 34.9 Å². The van der Waals surface area contributed by atoms with Gasteiger partial charge in [0.2, 0.25) is 5.95 Å². The van der Waals surface area contributed by atoms with E-state index in [1.54, 1.807) is 0 Å². The van der Waals surface area contributed by atoms with Gasteiger partial charge in [0.05, 0.1) is 22.8 Å². The average molecular weight is 486 g/mol. The number of rotatable bonds is 6. The topological polar surface area (TPSA) is 81.3 Å². The number of anilines is 3. The standard InChI is InChI=1S/C26H27N7OS/c1-18-10-12-19(13-11-18)33-25(32-14-6-7-15-32)28-29-26(33)35-17-23(34)20(16-27)24-30(2)21-8-4-5-9-22(21)31(24)3/h4-5,8-13H,6-7,14-15,17H2,1-3H3. The van der Waals surface area contributed by atoms with Crippen LogP contribution in [0.2, 0.25) is 0 Å². The summed E-state index contributed by atoms with van der Waals surface area (Å²) in [6, 6.07) is 18.2. The number of benzene rings is 2. The summed E-state index contributed by atoms with van der Waals surface area (Å²) < 4.78 is 2.02. The van der Waals surface area contributed by atoms with Crippen LogP contribution in [0.3, 0.4) is 0 Å². The molecule has 0 spiro atoms. The number of hydrogen-bond acceptors (Lipinski definition) is 8. The van der Waals surface area contributed by atoms with Crippen molar-refractivity contribution in [2.75, 3.05) is 47.6 Å². The van der Waals surface area contributed by atoms with E-state index in [9.17, 15) is 10.1 Å². The maximum Gasteiger partial charge on any atom is 0.232 e. The number of fused-ring (bicyclic) bond motifs is 1. The van der Waals surface area contributed by atoms with Crippen molar-refractivity contribution in [2.24, 2.45) is 0 Å². The van der Waals surface area contributed by atoms with E-state index >= 15 is 0 Å². The Bertz CT molecular complexity index is 1300. The number of nitrogens with zero attached hydrogens (tertiary/aromatic N) is 7. The van der Waals surface area contributed by atoms with Crippen LogP contribution in [0.5, 0.6) is 0 Å². The van der Waals surface area contributed by atoms with Crippen molar-refractivity contribution in [1.82, 2.24) is 14.8 Å². The Labute approximate surface area is 209 Å². The molecular formula is C26H27N7OS. The maximum absolute atomic E-state index is 13.3. The molecular weight excluding hydrogens is 458 g/mol. The fraction of sp³-hybridized carbons (Fsp3) is 0.308. The number of thioether (sulfide) groups is 1. The largest absolute Gasteiger partial charge is 0.341 e. The molecule has 1 fully saturated rings. The van der Waals surface area contributed by atoms with Crippen molar-refractivity contribution < 1.29 is 4.79 Å². The van der Waals surface area contributed by atoms with Gasteiger partial charge < -0.3 is 14.7 Å². The van der Waals surface area contributed by atoms with Crippen molar-refractivity contribution in [3.8, 4) is 11.8 Å². The molecule has 0 radical (unpaired) electrons. The van der Waals surface area contributed by atoms with Gasteiger partial charge in [-0.1, -0.05) is 41.6 Å². The molecule has 35 heavy (non-hydrogen) atoms. The summed E-state index contributed by atoms with van der Waals surface area (Å²) in [4.78, 5) is 19.3. The Morgan fingerprint density at radius 2 is 1.63 bits per heavy atom. The summed E-state index contributed by atoms with van der Waals surface area (Å²) in [5, 5.41) is 19.5. The number of nitriles is 1. The third-order valence-corrected chi connectivity index (χ3v) is 7.41. The van der Waals surface area contributed by atoms with E-state index in [-0.39, 0.29) is 17.1 Å². The Hall–Kier alpha value is -3.77. The third kappa shape index (κ3) is 4.15. The maximum atomic E-state index is 13.3. The molecule has 178 valence electrons. The molecule has 0 saturated carbocycles. The van der Waals surface area contributed by atoms with Crippen LogP contribution >= 0.6 is 11.8 Å². The lowest BCUT2D eigenvalue weighted by atomic mass is 10.2. The SMILES string of the molecule is Cc1ccc(-n2c(SCC(=O)C(C#N)=C3N(C)c4ccccc4N3C)nnc2N2CCCC2)cc1. The van der Waals surface area contributed by atoms with Crippen LogP contribution < -0.4 is 14.7 Å². The Kier molecular flexibility index (Phi) is 6.22. The second kappa shape index (κ2) is 9.47. The number of para-hydroxylation sites is 2. The number of carbonyl (C=O) groups is 1. The lowest BCUT2D eigenvalue weighted by Crippen LogP contribution is -2.26. The van der Waals surface area contributed by atoms with Crippen LogP contribution in [-0.4, -0.2) is 53.5 Å². The molecule has 1 aromatic heterocycles. The smallest absolute Gasteiger partial charge is 0.232 e. The van der Waals surface area contributed by atoms with E-state index < -0.39 is 0 Å². The number of aryl methyl sites for hydroxylation is 1. The fourth-order valence-electron chi connectivity index (χ4n) is 4.66. The monoisotopic (exact) mass is 485 g/mol. The molecule has 9 heteroatoms. The van der Waals surface area contributed by atoms with Crippen molar-refractivity contribution in [3.63, 3.8) is 0 Å². The highest BCUT2D eigenvalue weighted by molar-refractivity contribution is 7.99. The van der Waals surface area contributed by atoms with E-state index in [0.717, 1.165) is 48.9 Å². The van der Waals surface area contributed by atoms with Gasteiger partial charge in [-0.2, -0.15) is 5.26 Å². The molecule has 0 bridgehead atoms. The van der Waals surface area contributed by atoms with Crippen LogP contribution in [0, 0.1) is 18.3 Å². The number of ketones is 1. The molecule has 2 aliphatic rings. The number of hydrogen-bond donors (Lipinski definition) is 0. The molecule has 2 aliphatic heterocycles. The molecule has 0 unspecified atom stereocenters. The molecule has 8 nitrogen and oxygen atoms in total. The zero-order chi connectivity index (χ0) is 24.5. The summed E-state index contributed by atoms with van der Waals surface area (Å²) in [6.45, 7) is 3.94. The predicted octanol–water partition coefficient (Wildman–Crippen LogP) is 4.16. The van der Waals surface area contributed by atoms with Crippen LogP contribution in [-0.2, 0) is 4.79 Å². The van der Waals surface area contributed by atoms with Crippen LogP contribution in [0.25, 0.3) is 5.69 Å². The van der Waals surface area contributed by atoms with Gasteiger partial charge in [-0.15, -0.1) is 10.2 Å². The quantitative estimate of drug-likeness (QED) is 0.293. The normalized spacial score (nSPS) is 14.9. The first kappa shape index (κ1) is 23.0. The lowest BCUT2D eigenvalue weighted by Gasteiger charge is -2.20. The Balaban J connectivity index is 1.43. The number of carbonyl (C=O) groups excluding carboxylic acids is 1. The summed E-state index contributed by atoms with van der Waals surface area (Å²) in [6.07, 6.45) is 2.26. The highest BCUT2D eigenvalue weighted by Crippen LogP contribution is 2.40. The van der Waals surface area contributed by atoms with Gasteiger partial charge in [0.15, 0.2) is 10.9 Å². The minimum absolute atomic E-state index is 0.0917. The van der Waals surface area contributed by atoms with Gasteiger partial charge in [0.1, 0.15) is 17.5 Å². The van der Waals surface area contributed by atoms with Gasteiger partial charge in [-0.25, -0.2) is 0 Å². The highest BCUT2D eigenvalue weighted by atomic mass is 32.2. The van der Waals surface area contributed by atoms with E-state index in [1.807, 2.05) is 64.9 Å². The molecule has 5 rings (SSSR count). The van der Waals surface area contributed by atoms with Crippen LogP contribution in [0.1, 0.15) is 18.4 Å². The van der Waals surface area contributed by atoms with Gasteiger partial charge >= 0.3 is 0 Å². The first-order chi connectivity index (χ1) is 17.0. The van der Waals surface area contributed by atoms with E-state index in [0.29, 0.717) is 11.0 Å². The fourth-order valence-corrected chi connectivity index (χ4v) is 5.48. The summed E-state index contributed by atoms with van der Waals surface area (Å²) >= 11 is 1.31. The van der Waals surface area contributed by atoms with Gasteiger partial charge in [0, 0.05) is 27.2 Å². The average Bonchev–Trinajstić information content (AvgIpc) is 3.60. The van der Waals surface area contributed by atoms with E-state index in [1.165, 1.54) is 17.3 Å². The van der Waals surface area contributed by atoms with Crippen molar-refractivity contribution in [2.45, 2.75) is 24.9 Å². The molecule has 0 N–H and O–H groups in total. The predicted molar refractivity (Wildman–Crippen MR) is 139 cm³/mol. The molecule has 3 heterocycles. The highest BCUT2D eigenvalue weighted by Gasteiger charge is 2.31. The van der Waals surface area contributed by atoms with Crippen LogP contribution in [0.4, 0.5) is 17.3 Å². The number of aromatic nitrogens is 3. The molecule has 2 aromatic carbocycles. The van der Waals surface area contributed by atoms with Gasteiger partial charge in [-0.3, -0.25) is 9.36 Å². The first-order valence-electron chi connectivity index (χ1n) is 11.6. The zero-order valence-electron chi connectivity index (χ0n) is 20.1. The second-order valence-electron chi connectivity index (χ2n) is 8.78. The molecule has 0 aliphatic carbocycles.